The summed E-state index contributed by atoms with van der Waals surface area (Å²) in [5, 5.41) is 11.4. The molecule has 0 aliphatic heterocycles. The highest BCUT2D eigenvalue weighted by molar-refractivity contribution is 5.85. The van der Waals surface area contributed by atoms with Crippen molar-refractivity contribution in [3.8, 4) is 5.75 Å². The number of carboxylic acid groups (broad SMARTS) is 1. The molecule has 1 aromatic carbocycles. The van der Waals surface area contributed by atoms with Gasteiger partial charge >= 0.3 is 5.97 Å². The number of carbonyl (C=O) groups is 2. The van der Waals surface area contributed by atoms with Crippen LogP contribution in [0.25, 0.3) is 0 Å². The molecule has 0 saturated carbocycles. The van der Waals surface area contributed by atoms with Gasteiger partial charge in [-0.1, -0.05) is 18.2 Å². The maximum absolute atomic E-state index is 11.8. The Kier molecular flexibility index (Phi) is 5.77. The summed E-state index contributed by atoms with van der Waals surface area (Å²) in [6.07, 6.45) is 1.77. The van der Waals surface area contributed by atoms with Crippen molar-refractivity contribution in [3.05, 3.63) is 42.0 Å². The predicted molar refractivity (Wildman–Crippen MR) is 75.8 cm³/mol. The van der Waals surface area contributed by atoms with Crippen LogP contribution in [-0.4, -0.2) is 30.1 Å². The van der Waals surface area contributed by atoms with Crippen LogP contribution in [0.1, 0.15) is 17.5 Å². The summed E-state index contributed by atoms with van der Waals surface area (Å²) in [6.45, 7) is 5.39. The number of nitrogens with one attached hydrogen (secondary N) is 1. The number of methoxy groups -OCH3 is 1. The Balaban J connectivity index is 2.70. The van der Waals surface area contributed by atoms with E-state index >= 15 is 0 Å². The molecule has 1 unspecified atom stereocenters. The topological polar surface area (TPSA) is 75.6 Å². The fourth-order valence-corrected chi connectivity index (χ4v) is 1.79. The van der Waals surface area contributed by atoms with Gasteiger partial charge < -0.3 is 15.2 Å². The van der Waals surface area contributed by atoms with Crippen molar-refractivity contribution < 1.29 is 19.4 Å². The first-order chi connectivity index (χ1) is 9.47. The summed E-state index contributed by atoms with van der Waals surface area (Å²) in [6, 6.07) is 4.52. The second-order valence-electron chi connectivity index (χ2n) is 4.46. The number of hydrogen-bond acceptors (Lipinski definition) is 3. The zero-order valence-corrected chi connectivity index (χ0v) is 11.7. The number of amides is 1. The van der Waals surface area contributed by atoms with Gasteiger partial charge in [-0.25, -0.2) is 4.79 Å². The van der Waals surface area contributed by atoms with Crippen LogP contribution < -0.4 is 10.1 Å². The van der Waals surface area contributed by atoms with E-state index in [1.54, 1.807) is 13.2 Å². The summed E-state index contributed by atoms with van der Waals surface area (Å²) in [5.74, 6) is -0.707. The Bertz CT molecular complexity index is 511. The van der Waals surface area contributed by atoms with Gasteiger partial charge in [-0.2, -0.15) is 0 Å². The first-order valence-corrected chi connectivity index (χ1v) is 6.24. The Labute approximate surface area is 118 Å². The molecule has 1 aromatic rings. The molecule has 0 bridgehead atoms. The summed E-state index contributed by atoms with van der Waals surface area (Å²) in [7, 11) is 1.57. The molecular formula is C15H19NO4. The standard InChI is InChI=1S/C15H19NO4/c1-4-5-12(15(18)19)16-14(17)9-11-7-6-10(2)13(8-11)20-3/h4,6-8,12H,1,5,9H2,2-3H3,(H,16,17)(H,18,19). The Hall–Kier alpha value is -2.30. The highest BCUT2D eigenvalue weighted by atomic mass is 16.5. The molecule has 108 valence electrons. The summed E-state index contributed by atoms with van der Waals surface area (Å²) in [4.78, 5) is 22.8. The monoisotopic (exact) mass is 277 g/mol. The van der Waals surface area contributed by atoms with Gasteiger partial charge in [0.2, 0.25) is 5.91 Å². The highest BCUT2D eigenvalue weighted by Gasteiger charge is 2.18. The first kappa shape index (κ1) is 15.8. The molecule has 1 amide bonds. The molecule has 5 heteroatoms. The highest BCUT2D eigenvalue weighted by Crippen LogP contribution is 2.19. The Morgan fingerprint density at radius 3 is 2.75 bits per heavy atom. The third-order valence-corrected chi connectivity index (χ3v) is 2.87. The molecule has 0 saturated heterocycles. The molecule has 1 atom stereocenters. The summed E-state index contributed by atoms with van der Waals surface area (Å²) in [5.41, 5.74) is 1.75. The van der Waals surface area contributed by atoms with Gasteiger partial charge in [-0.05, 0) is 30.5 Å². The van der Waals surface area contributed by atoms with Gasteiger partial charge in [-0.3, -0.25) is 4.79 Å². The van der Waals surface area contributed by atoms with E-state index in [9.17, 15) is 9.59 Å². The van der Waals surface area contributed by atoms with Gasteiger partial charge in [-0.15, -0.1) is 6.58 Å². The van der Waals surface area contributed by atoms with Gasteiger partial charge in [0.15, 0.2) is 0 Å². The quantitative estimate of drug-likeness (QED) is 0.744. The zero-order valence-electron chi connectivity index (χ0n) is 11.7. The van der Waals surface area contributed by atoms with Crippen LogP contribution in [-0.2, 0) is 16.0 Å². The number of rotatable bonds is 7. The number of hydrogen-bond donors (Lipinski definition) is 2. The van der Waals surface area contributed by atoms with Gasteiger partial charge in [0.25, 0.3) is 0 Å². The van der Waals surface area contributed by atoms with E-state index < -0.39 is 12.0 Å². The average Bonchev–Trinajstić information content (AvgIpc) is 2.40. The molecule has 20 heavy (non-hydrogen) atoms. The van der Waals surface area contributed by atoms with Crippen LogP contribution in [0.3, 0.4) is 0 Å². The molecule has 0 aliphatic carbocycles. The molecule has 5 nitrogen and oxygen atoms in total. The third-order valence-electron chi connectivity index (χ3n) is 2.87. The van der Waals surface area contributed by atoms with Crippen LogP contribution in [0, 0.1) is 6.92 Å². The van der Waals surface area contributed by atoms with E-state index in [0.717, 1.165) is 11.1 Å². The molecule has 0 spiro atoms. The third kappa shape index (κ3) is 4.42. The second-order valence-corrected chi connectivity index (χ2v) is 4.46. The number of ether oxygens (including phenoxy) is 1. The lowest BCUT2D eigenvalue weighted by molar-refractivity contribution is -0.141. The Morgan fingerprint density at radius 1 is 1.50 bits per heavy atom. The Morgan fingerprint density at radius 2 is 2.20 bits per heavy atom. The van der Waals surface area contributed by atoms with Gasteiger partial charge in [0.1, 0.15) is 11.8 Å². The molecule has 0 heterocycles. The molecule has 0 aliphatic rings. The van der Waals surface area contributed by atoms with Crippen molar-refractivity contribution in [2.75, 3.05) is 7.11 Å². The molecule has 0 aromatic heterocycles. The van der Waals surface area contributed by atoms with Crippen molar-refractivity contribution in [1.29, 1.82) is 0 Å². The van der Waals surface area contributed by atoms with Crippen LogP contribution in [0.15, 0.2) is 30.9 Å². The van der Waals surface area contributed by atoms with Crippen LogP contribution in [0.4, 0.5) is 0 Å². The normalized spacial score (nSPS) is 11.5. The lowest BCUT2D eigenvalue weighted by atomic mass is 10.1. The van der Waals surface area contributed by atoms with E-state index in [4.69, 9.17) is 9.84 Å². The fourth-order valence-electron chi connectivity index (χ4n) is 1.79. The molecule has 2 N–H and O–H groups in total. The maximum atomic E-state index is 11.8. The van der Waals surface area contributed by atoms with Crippen molar-refractivity contribution in [3.63, 3.8) is 0 Å². The van der Waals surface area contributed by atoms with Crippen molar-refractivity contribution in [1.82, 2.24) is 5.32 Å². The van der Waals surface area contributed by atoms with E-state index in [2.05, 4.69) is 11.9 Å². The minimum absolute atomic E-state index is 0.109. The van der Waals surface area contributed by atoms with Gasteiger partial charge in [0, 0.05) is 0 Å². The average molecular weight is 277 g/mol. The maximum Gasteiger partial charge on any atom is 0.326 e. The van der Waals surface area contributed by atoms with E-state index in [1.807, 2.05) is 19.1 Å². The van der Waals surface area contributed by atoms with Gasteiger partial charge in [0.05, 0.1) is 13.5 Å². The van der Waals surface area contributed by atoms with E-state index in [-0.39, 0.29) is 18.7 Å². The van der Waals surface area contributed by atoms with Crippen LogP contribution >= 0.6 is 0 Å². The molecule has 0 fully saturated rings. The number of aryl methyl sites for hydroxylation is 1. The summed E-state index contributed by atoms with van der Waals surface area (Å²) >= 11 is 0. The molecule has 0 radical (unpaired) electrons. The van der Waals surface area contributed by atoms with Crippen LogP contribution in [0.5, 0.6) is 5.75 Å². The minimum atomic E-state index is -1.07. The number of aliphatic carboxylic acids is 1. The zero-order chi connectivity index (χ0) is 15.1. The lowest BCUT2D eigenvalue weighted by Gasteiger charge is -2.13. The number of benzene rings is 1. The summed E-state index contributed by atoms with van der Waals surface area (Å²) < 4.78 is 5.19. The second kappa shape index (κ2) is 7.33. The van der Waals surface area contributed by atoms with Crippen molar-refractivity contribution in [2.24, 2.45) is 0 Å². The SMILES string of the molecule is C=CCC(NC(=O)Cc1ccc(C)c(OC)c1)C(=O)O. The molecular weight excluding hydrogens is 258 g/mol. The van der Waals surface area contributed by atoms with Crippen molar-refractivity contribution in [2.45, 2.75) is 25.8 Å². The van der Waals surface area contributed by atoms with E-state index in [1.165, 1.54) is 6.08 Å². The largest absolute Gasteiger partial charge is 0.496 e. The van der Waals surface area contributed by atoms with Crippen LogP contribution in [0.2, 0.25) is 0 Å². The first-order valence-electron chi connectivity index (χ1n) is 6.24. The van der Waals surface area contributed by atoms with E-state index in [0.29, 0.717) is 5.75 Å². The smallest absolute Gasteiger partial charge is 0.326 e. The van der Waals surface area contributed by atoms with Crippen molar-refractivity contribution >= 4 is 11.9 Å². The fraction of sp³-hybridized carbons (Fsp3) is 0.333. The number of carbonyl (C=O) groups excluding carboxylic acids is 1. The minimum Gasteiger partial charge on any atom is -0.496 e. The lowest BCUT2D eigenvalue weighted by Crippen LogP contribution is -2.41. The predicted octanol–water partition coefficient (Wildman–Crippen LogP) is 1.69. The molecule has 1 rings (SSSR count). The number of carboxylic acids is 1.